The third-order valence-electron chi connectivity index (χ3n) is 4.86. The maximum absolute atomic E-state index is 12.2. The van der Waals surface area contributed by atoms with E-state index in [0.29, 0.717) is 13.0 Å². The zero-order chi connectivity index (χ0) is 18.7. The molecule has 0 bridgehead atoms. The van der Waals surface area contributed by atoms with Crippen LogP contribution in [-0.2, 0) is 13.0 Å². The Hall–Kier alpha value is -3.16. The number of H-pyrrole nitrogens is 1. The lowest BCUT2D eigenvalue weighted by Gasteiger charge is -2.16. The van der Waals surface area contributed by atoms with Crippen molar-refractivity contribution in [2.45, 2.75) is 32.7 Å². The number of nitrogens with zero attached hydrogens (tertiary/aromatic N) is 4. The van der Waals surface area contributed by atoms with Gasteiger partial charge in [0.25, 0.3) is 0 Å². The van der Waals surface area contributed by atoms with E-state index in [2.05, 4.69) is 30.9 Å². The fourth-order valence-electron chi connectivity index (χ4n) is 3.10. The van der Waals surface area contributed by atoms with Crippen molar-refractivity contribution < 1.29 is 4.79 Å². The first-order valence-corrected chi connectivity index (χ1v) is 9.09. The van der Waals surface area contributed by atoms with Gasteiger partial charge in [-0.1, -0.05) is 12.1 Å². The van der Waals surface area contributed by atoms with E-state index in [1.165, 1.54) is 0 Å². The summed E-state index contributed by atoms with van der Waals surface area (Å²) in [7, 11) is 0. The number of amides is 2. The molecule has 2 aromatic heterocycles. The summed E-state index contributed by atoms with van der Waals surface area (Å²) in [4.78, 5) is 16.5. The van der Waals surface area contributed by atoms with Crippen molar-refractivity contribution in [3.63, 3.8) is 0 Å². The van der Waals surface area contributed by atoms with E-state index in [4.69, 9.17) is 0 Å². The zero-order valence-corrected chi connectivity index (χ0v) is 15.3. The molecule has 2 heterocycles. The lowest BCUT2D eigenvalue weighted by molar-refractivity contribution is 0.248. The number of rotatable bonds is 7. The minimum absolute atomic E-state index is 0.141. The third-order valence-corrected chi connectivity index (χ3v) is 4.86. The highest BCUT2D eigenvalue weighted by atomic mass is 16.2. The van der Waals surface area contributed by atoms with Crippen LogP contribution in [0, 0.1) is 12.3 Å². The maximum Gasteiger partial charge on any atom is 0.319 e. The van der Waals surface area contributed by atoms with Gasteiger partial charge in [0.1, 0.15) is 5.82 Å². The van der Waals surface area contributed by atoms with Crippen LogP contribution in [0.15, 0.2) is 42.7 Å². The topological polar surface area (TPSA) is 101 Å². The summed E-state index contributed by atoms with van der Waals surface area (Å²) in [5, 5.41) is 17.1. The molecule has 8 nitrogen and oxygen atoms in total. The Morgan fingerprint density at radius 1 is 1.30 bits per heavy atom. The van der Waals surface area contributed by atoms with Crippen molar-refractivity contribution in [2.24, 2.45) is 5.41 Å². The molecule has 3 N–H and O–H groups in total. The Bertz CT molecular complexity index is 895. The molecule has 1 aromatic carbocycles. The van der Waals surface area contributed by atoms with Crippen molar-refractivity contribution >= 4 is 11.7 Å². The Kier molecular flexibility index (Phi) is 4.62. The molecule has 0 aliphatic heterocycles. The maximum atomic E-state index is 12.2. The van der Waals surface area contributed by atoms with Crippen molar-refractivity contribution in [1.82, 2.24) is 30.3 Å². The van der Waals surface area contributed by atoms with Crippen LogP contribution >= 0.6 is 0 Å². The van der Waals surface area contributed by atoms with Gasteiger partial charge in [0.2, 0.25) is 0 Å². The highest BCUT2D eigenvalue weighted by Crippen LogP contribution is 2.46. The Balaban J connectivity index is 1.25. The van der Waals surface area contributed by atoms with Gasteiger partial charge >= 0.3 is 6.03 Å². The lowest BCUT2D eigenvalue weighted by atomic mass is 10.1. The van der Waals surface area contributed by atoms with E-state index >= 15 is 0 Å². The van der Waals surface area contributed by atoms with Crippen molar-refractivity contribution in [2.75, 3.05) is 11.9 Å². The molecular weight excluding hydrogens is 342 g/mol. The predicted octanol–water partition coefficient (Wildman–Crippen LogP) is 2.50. The average Bonchev–Trinajstić information content (AvgIpc) is 3.01. The average molecular weight is 365 g/mol. The fourth-order valence-corrected chi connectivity index (χ4v) is 3.10. The number of anilines is 1. The van der Waals surface area contributed by atoms with Gasteiger partial charge in [-0.3, -0.25) is 9.78 Å². The van der Waals surface area contributed by atoms with Crippen molar-refractivity contribution in [3.8, 4) is 0 Å². The van der Waals surface area contributed by atoms with Crippen LogP contribution in [0.2, 0.25) is 0 Å². The van der Waals surface area contributed by atoms with Crippen LogP contribution in [0.5, 0.6) is 0 Å². The number of nitrogens with one attached hydrogen (secondary N) is 3. The molecule has 1 aliphatic rings. The van der Waals surface area contributed by atoms with Gasteiger partial charge in [0.05, 0.1) is 0 Å². The van der Waals surface area contributed by atoms with E-state index < -0.39 is 0 Å². The molecule has 0 spiro atoms. The molecule has 27 heavy (non-hydrogen) atoms. The normalized spacial score (nSPS) is 14.7. The number of carbonyl (C=O) groups excluding carboxylic acids is 1. The first kappa shape index (κ1) is 17.3. The summed E-state index contributed by atoms with van der Waals surface area (Å²) in [6, 6.07) is 9.47. The number of aromatic amines is 1. The summed E-state index contributed by atoms with van der Waals surface area (Å²) < 4.78 is 1.93. The highest BCUT2D eigenvalue weighted by Gasteiger charge is 2.43. The molecular formula is C19H23N7O. The van der Waals surface area contributed by atoms with Gasteiger partial charge in [-0.25, -0.2) is 9.78 Å². The van der Waals surface area contributed by atoms with Gasteiger partial charge in [-0.2, -0.15) is 10.2 Å². The SMILES string of the molecule is Cc1nc(Cc2ccc(NC(=O)NCC3(Cn4cccn4)CC3)cc2)n[nH]1. The second-order valence-electron chi connectivity index (χ2n) is 7.22. The molecule has 8 heteroatoms. The molecule has 1 fully saturated rings. The van der Waals surface area contributed by atoms with E-state index in [-0.39, 0.29) is 11.4 Å². The second kappa shape index (κ2) is 7.22. The summed E-state index contributed by atoms with van der Waals surface area (Å²) in [5.74, 6) is 1.57. The number of aryl methyl sites for hydroxylation is 1. The van der Waals surface area contributed by atoms with E-state index in [9.17, 15) is 4.79 Å². The Morgan fingerprint density at radius 3 is 2.74 bits per heavy atom. The Labute approximate surface area is 157 Å². The second-order valence-corrected chi connectivity index (χ2v) is 7.22. The zero-order valence-electron chi connectivity index (χ0n) is 15.3. The van der Waals surface area contributed by atoms with E-state index in [0.717, 1.165) is 42.3 Å². The minimum atomic E-state index is -0.181. The number of hydrogen-bond donors (Lipinski definition) is 3. The summed E-state index contributed by atoms with van der Waals surface area (Å²) >= 11 is 0. The quantitative estimate of drug-likeness (QED) is 0.599. The smallest absolute Gasteiger partial charge is 0.319 e. The largest absolute Gasteiger partial charge is 0.337 e. The van der Waals surface area contributed by atoms with Crippen LogP contribution in [-0.4, -0.2) is 37.5 Å². The van der Waals surface area contributed by atoms with Gasteiger partial charge in [-0.05, 0) is 43.5 Å². The lowest BCUT2D eigenvalue weighted by Crippen LogP contribution is -2.35. The summed E-state index contributed by atoms with van der Waals surface area (Å²) in [5.41, 5.74) is 2.00. The van der Waals surface area contributed by atoms with Gasteiger partial charge < -0.3 is 10.6 Å². The van der Waals surface area contributed by atoms with Gasteiger partial charge in [0.15, 0.2) is 5.82 Å². The molecule has 0 atom stereocenters. The van der Waals surface area contributed by atoms with E-state index in [1.54, 1.807) is 6.20 Å². The number of urea groups is 1. The molecule has 3 aromatic rings. The van der Waals surface area contributed by atoms with Crippen LogP contribution in [0.4, 0.5) is 10.5 Å². The fraction of sp³-hybridized carbons (Fsp3) is 0.368. The first-order valence-electron chi connectivity index (χ1n) is 9.09. The molecule has 2 amide bonds. The standard InChI is InChI=1S/C19H23N7O/c1-14-22-17(25-24-14)11-15-3-5-16(6-4-15)23-18(27)20-12-19(7-8-19)13-26-10-2-9-21-26/h2-6,9-10H,7-8,11-13H2,1H3,(H2,20,23,27)(H,22,24,25). The predicted molar refractivity (Wildman–Crippen MR) is 101 cm³/mol. The van der Waals surface area contributed by atoms with Crippen LogP contribution in [0.3, 0.4) is 0 Å². The monoisotopic (exact) mass is 365 g/mol. The molecule has 4 rings (SSSR count). The molecule has 0 unspecified atom stereocenters. The van der Waals surface area contributed by atoms with Crippen LogP contribution in [0.1, 0.15) is 30.1 Å². The van der Waals surface area contributed by atoms with Crippen LogP contribution in [0.25, 0.3) is 0 Å². The number of carbonyl (C=O) groups is 1. The molecule has 0 radical (unpaired) electrons. The van der Waals surface area contributed by atoms with E-state index in [1.807, 2.05) is 48.1 Å². The molecule has 140 valence electrons. The number of aromatic nitrogens is 5. The number of hydrogen-bond acceptors (Lipinski definition) is 4. The first-order chi connectivity index (χ1) is 13.1. The van der Waals surface area contributed by atoms with Gasteiger partial charge in [-0.15, -0.1) is 0 Å². The Morgan fingerprint density at radius 2 is 2.11 bits per heavy atom. The third kappa shape index (κ3) is 4.52. The summed E-state index contributed by atoms with van der Waals surface area (Å²) in [6.07, 6.45) is 6.63. The van der Waals surface area contributed by atoms with Crippen LogP contribution < -0.4 is 10.6 Å². The highest BCUT2D eigenvalue weighted by molar-refractivity contribution is 5.89. The molecule has 0 saturated heterocycles. The molecule has 1 saturated carbocycles. The van der Waals surface area contributed by atoms with Crippen molar-refractivity contribution in [3.05, 3.63) is 59.9 Å². The summed E-state index contributed by atoms with van der Waals surface area (Å²) in [6.45, 7) is 3.37. The minimum Gasteiger partial charge on any atom is -0.337 e. The molecule has 1 aliphatic carbocycles. The van der Waals surface area contributed by atoms with Crippen molar-refractivity contribution in [1.29, 1.82) is 0 Å². The van der Waals surface area contributed by atoms with Gasteiger partial charge in [0, 0.05) is 43.0 Å². The number of benzene rings is 1.